The minimum absolute atomic E-state index is 0.122. The SMILES string of the molecule is CCC(C)C(N)C(=O)OC(=O)CC(N)C(=O)O. The Kier molecular flexibility index (Phi) is 6.37. The minimum Gasteiger partial charge on any atom is -0.480 e. The zero-order chi connectivity index (χ0) is 13.6. The molecule has 3 atom stereocenters. The van der Waals surface area contributed by atoms with Gasteiger partial charge in [-0.25, -0.2) is 4.79 Å². The van der Waals surface area contributed by atoms with Gasteiger partial charge in [-0.3, -0.25) is 9.59 Å². The van der Waals surface area contributed by atoms with Crippen LogP contribution in [0.1, 0.15) is 26.7 Å². The van der Waals surface area contributed by atoms with Gasteiger partial charge in [0, 0.05) is 0 Å². The number of nitrogens with two attached hydrogens (primary N) is 2. The first-order valence-corrected chi connectivity index (χ1v) is 5.28. The van der Waals surface area contributed by atoms with E-state index in [0.29, 0.717) is 6.42 Å². The highest BCUT2D eigenvalue weighted by Gasteiger charge is 2.25. The number of carboxylic acids is 1. The highest BCUT2D eigenvalue weighted by molar-refractivity contribution is 5.90. The molecule has 0 aliphatic heterocycles. The van der Waals surface area contributed by atoms with Gasteiger partial charge in [0.25, 0.3) is 0 Å². The predicted octanol–water partition coefficient (Wildman–Crippen LogP) is -0.768. The summed E-state index contributed by atoms with van der Waals surface area (Å²) in [4.78, 5) is 32.9. The number of ether oxygens (including phenoxy) is 1. The van der Waals surface area contributed by atoms with E-state index in [-0.39, 0.29) is 5.92 Å². The molecule has 0 spiro atoms. The highest BCUT2D eigenvalue weighted by Crippen LogP contribution is 2.07. The number of rotatable bonds is 6. The van der Waals surface area contributed by atoms with E-state index in [1.807, 2.05) is 6.92 Å². The molecule has 0 fully saturated rings. The van der Waals surface area contributed by atoms with Crippen molar-refractivity contribution in [1.82, 2.24) is 0 Å². The number of hydrogen-bond donors (Lipinski definition) is 3. The first-order chi connectivity index (χ1) is 7.79. The van der Waals surface area contributed by atoms with E-state index in [4.69, 9.17) is 16.6 Å². The Morgan fingerprint density at radius 2 is 1.82 bits per heavy atom. The molecule has 7 heteroatoms. The lowest BCUT2D eigenvalue weighted by molar-refractivity contribution is -0.162. The van der Waals surface area contributed by atoms with Gasteiger partial charge >= 0.3 is 17.9 Å². The molecule has 0 aliphatic rings. The summed E-state index contributed by atoms with van der Waals surface area (Å²) in [5, 5.41) is 8.46. The summed E-state index contributed by atoms with van der Waals surface area (Å²) >= 11 is 0. The molecule has 0 heterocycles. The van der Waals surface area contributed by atoms with Crippen molar-refractivity contribution in [3.63, 3.8) is 0 Å². The number of carboxylic acid groups (broad SMARTS) is 1. The third kappa shape index (κ3) is 5.41. The molecule has 0 radical (unpaired) electrons. The van der Waals surface area contributed by atoms with Gasteiger partial charge in [0.15, 0.2) is 0 Å². The third-order valence-corrected chi connectivity index (χ3v) is 2.45. The second-order valence-electron chi connectivity index (χ2n) is 3.85. The van der Waals surface area contributed by atoms with Crippen LogP contribution in [-0.2, 0) is 19.1 Å². The van der Waals surface area contributed by atoms with Gasteiger partial charge in [0.05, 0.1) is 6.42 Å². The molecule has 5 N–H and O–H groups in total. The molecule has 0 aliphatic carbocycles. The van der Waals surface area contributed by atoms with E-state index in [0.717, 1.165) is 0 Å². The fourth-order valence-electron chi connectivity index (χ4n) is 0.975. The largest absolute Gasteiger partial charge is 0.480 e. The minimum atomic E-state index is -1.38. The molecule has 0 bridgehead atoms. The van der Waals surface area contributed by atoms with Crippen molar-refractivity contribution in [3.8, 4) is 0 Å². The van der Waals surface area contributed by atoms with Crippen LogP contribution in [0.25, 0.3) is 0 Å². The smallest absolute Gasteiger partial charge is 0.330 e. The summed E-state index contributed by atoms with van der Waals surface area (Å²) in [5.41, 5.74) is 10.6. The molecule has 98 valence electrons. The van der Waals surface area contributed by atoms with Gasteiger partial charge < -0.3 is 21.3 Å². The van der Waals surface area contributed by atoms with Crippen molar-refractivity contribution in [1.29, 1.82) is 0 Å². The maximum atomic E-state index is 11.3. The molecule has 0 amide bonds. The number of carbonyl (C=O) groups excluding carboxylic acids is 2. The topological polar surface area (TPSA) is 133 Å². The Balaban J connectivity index is 4.21. The quantitative estimate of drug-likeness (QED) is 0.414. The van der Waals surface area contributed by atoms with Gasteiger partial charge in [0.2, 0.25) is 0 Å². The number of aliphatic carboxylic acids is 1. The molecular weight excluding hydrogens is 228 g/mol. The number of carbonyl (C=O) groups is 3. The van der Waals surface area contributed by atoms with Gasteiger partial charge in [-0.05, 0) is 5.92 Å². The zero-order valence-corrected chi connectivity index (χ0v) is 9.88. The zero-order valence-electron chi connectivity index (χ0n) is 9.88. The second kappa shape index (κ2) is 6.97. The molecule has 0 saturated heterocycles. The van der Waals surface area contributed by atoms with Crippen LogP contribution >= 0.6 is 0 Å². The lowest BCUT2D eigenvalue weighted by Crippen LogP contribution is -2.40. The molecule has 0 aromatic heterocycles. The Bertz CT molecular complexity index is 305. The fourth-order valence-corrected chi connectivity index (χ4v) is 0.975. The summed E-state index contributed by atoms with van der Waals surface area (Å²) < 4.78 is 4.41. The van der Waals surface area contributed by atoms with E-state index in [1.54, 1.807) is 6.92 Å². The van der Waals surface area contributed by atoms with Gasteiger partial charge in [-0.15, -0.1) is 0 Å². The first kappa shape index (κ1) is 15.5. The Morgan fingerprint density at radius 1 is 1.29 bits per heavy atom. The van der Waals surface area contributed by atoms with E-state index >= 15 is 0 Å². The fraction of sp³-hybridized carbons (Fsp3) is 0.700. The number of hydrogen-bond acceptors (Lipinski definition) is 6. The van der Waals surface area contributed by atoms with Crippen LogP contribution in [0, 0.1) is 5.92 Å². The molecule has 0 aromatic rings. The standard InChI is InChI=1S/C10H18N2O5/c1-3-5(2)8(12)10(16)17-7(13)4-6(11)9(14)15/h5-6,8H,3-4,11-12H2,1-2H3,(H,14,15). The lowest BCUT2D eigenvalue weighted by atomic mass is 10.0. The monoisotopic (exact) mass is 246 g/mol. The van der Waals surface area contributed by atoms with Gasteiger partial charge in [-0.1, -0.05) is 20.3 Å². The van der Waals surface area contributed by atoms with Crippen LogP contribution in [0.2, 0.25) is 0 Å². The maximum absolute atomic E-state index is 11.3. The molecule has 7 nitrogen and oxygen atoms in total. The van der Waals surface area contributed by atoms with Crippen molar-refractivity contribution in [2.75, 3.05) is 0 Å². The third-order valence-electron chi connectivity index (χ3n) is 2.45. The molecule has 0 rings (SSSR count). The number of esters is 2. The summed E-state index contributed by atoms with van der Waals surface area (Å²) in [6, 6.07) is -2.28. The van der Waals surface area contributed by atoms with Crippen molar-refractivity contribution in [2.45, 2.75) is 38.8 Å². The average molecular weight is 246 g/mol. The molecule has 0 saturated carbocycles. The van der Waals surface area contributed by atoms with Crippen molar-refractivity contribution in [3.05, 3.63) is 0 Å². The summed E-state index contributed by atoms with van der Waals surface area (Å²) in [6.07, 6.45) is 0.105. The van der Waals surface area contributed by atoms with Crippen LogP contribution in [-0.4, -0.2) is 35.1 Å². The van der Waals surface area contributed by atoms with Gasteiger partial charge in [-0.2, -0.15) is 0 Å². The van der Waals surface area contributed by atoms with Crippen LogP contribution in [0.15, 0.2) is 0 Å². The van der Waals surface area contributed by atoms with E-state index in [1.165, 1.54) is 0 Å². The molecular formula is C10H18N2O5. The van der Waals surface area contributed by atoms with Gasteiger partial charge in [0.1, 0.15) is 12.1 Å². The van der Waals surface area contributed by atoms with Crippen LogP contribution in [0.5, 0.6) is 0 Å². The summed E-state index contributed by atoms with van der Waals surface area (Å²) in [5.74, 6) is -3.30. The van der Waals surface area contributed by atoms with E-state index in [2.05, 4.69) is 4.74 Å². The van der Waals surface area contributed by atoms with E-state index < -0.39 is 36.4 Å². The van der Waals surface area contributed by atoms with Crippen LogP contribution in [0.4, 0.5) is 0 Å². The van der Waals surface area contributed by atoms with Crippen LogP contribution < -0.4 is 11.5 Å². The average Bonchev–Trinajstić information content (AvgIpc) is 2.26. The predicted molar refractivity (Wildman–Crippen MR) is 58.8 cm³/mol. The maximum Gasteiger partial charge on any atom is 0.330 e. The molecule has 17 heavy (non-hydrogen) atoms. The molecule has 3 unspecified atom stereocenters. The molecule has 0 aromatic carbocycles. The Labute approximate surface area is 99.1 Å². The lowest BCUT2D eigenvalue weighted by Gasteiger charge is -2.16. The Morgan fingerprint density at radius 3 is 2.24 bits per heavy atom. The van der Waals surface area contributed by atoms with Crippen molar-refractivity contribution >= 4 is 17.9 Å². The summed E-state index contributed by atoms with van der Waals surface area (Å²) in [7, 11) is 0. The highest BCUT2D eigenvalue weighted by atomic mass is 16.6. The Hall–Kier alpha value is -1.47. The van der Waals surface area contributed by atoms with Crippen molar-refractivity contribution in [2.24, 2.45) is 17.4 Å². The second-order valence-corrected chi connectivity index (χ2v) is 3.85. The normalized spacial score (nSPS) is 15.8. The first-order valence-electron chi connectivity index (χ1n) is 5.28. The van der Waals surface area contributed by atoms with Crippen LogP contribution in [0.3, 0.4) is 0 Å². The summed E-state index contributed by atoms with van der Waals surface area (Å²) in [6.45, 7) is 3.60. The van der Waals surface area contributed by atoms with E-state index in [9.17, 15) is 14.4 Å². The van der Waals surface area contributed by atoms with Crippen molar-refractivity contribution < 1.29 is 24.2 Å².